The third kappa shape index (κ3) is 7.28. The molecular weight excluding hydrogens is 490 g/mol. The van der Waals surface area contributed by atoms with Crippen molar-refractivity contribution in [2.75, 3.05) is 6.54 Å². The predicted molar refractivity (Wildman–Crippen MR) is 144 cm³/mol. The van der Waals surface area contributed by atoms with E-state index in [0.29, 0.717) is 19.4 Å². The van der Waals surface area contributed by atoms with E-state index in [0.717, 1.165) is 21.8 Å². The minimum absolute atomic E-state index is 0.217. The fourth-order valence-electron chi connectivity index (χ4n) is 4.28. The third-order valence-corrected chi connectivity index (χ3v) is 7.19. The number of amides is 3. The van der Waals surface area contributed by atoms with Gasteiger partial charge in [-0.2, -0.15) is 0 Å². The Hall–Kier alpha value is -3.01. The minimum atomic E-state index is -0.833. The number of pyridine rings is 1. The third-order valence-electron chi connectivity index (χ3n) is 6.24. The highest BCUT2D eigenvalue weighted by Crippen LogP contribution is 2.28. The summed E-state index contributed by atoms with van der Waals surface area (Å²) in [6.07, 6.45) is 2.39. The van der Waals surface area contributed by atoms with Crippen LogP contribution in [0.5, 0.6) is 0 Å². The number of hydrogen-bond acceptors (Lipinski definition) is 7. The van der Waals surface area contributed by atoms with Gasteiger partial charge in [-0.1, -0.05) is 26.8 Å². The minimum Gasteiger partial charge on any atom is -0.444 e. The summed E-state index contributed by atoms with van der Waals surface area (Å²) >= 11 is 1.54. The summed E-state index contributed by atoms with van der Waals surface area (Å²) in [5.74, 6) is -0.500. The van der Waals surface area contributed by atoms with E-state index in [1.807, 2.05) is 46.8 Å². The molecule has 202 valence electrons. The highest BCUT2D eigenvalue weighted by atomic mass is 32.1. The second-order valence-corrected chi connectivity index (χ2v) is 12.5. The number of rotatable bonds is 6. The lowest BCUT2D eigenvalue weighted by molar-refractivity contribution is -0.142. The van der Waals surface area contributed by atoms with Gasteiger partial charge in [0.25, 0.3) is 0 Å². The lowest BCUT2D eigenvalue weighted by Gasteiger charge is -2.36. The van der Waals surface area contributed by atoms with Crippen LogP contribution in [0.2, 0.25) is 0 Å². The molecule has 3 unspecified atom stereocenters. The van der Waals surface area contributed by atoms with Gasteiger partial charge in [-0.25, -0.2) is 9.78 Å². The summed E-state index contributed by atoms with van der Waals surface area (Å²) < 4.78 is 5.38. The van der Waals surface area contributed by atoms with Crippen LogP contribution in [0, 0.1) is 12.3 Å². The van der Waals surface area contributed by atoms with Gasteiger partial charge in [0, 0.05) is 12.7 Å². The predicted octanol–water partition coefficient (Wildman–Crippen LogP) is 4.62. The van der Waals surface area contributed by atoms with Crippen molar-refractivity contribution >= 4 is 29.2 Å². The van der Waals surface area contributed by atoms with Crippen molar-refractivity contribution < 1.29 is 19.1 Å². The summed E-state index contributed by atoms with van der Waals surface area (Å²) in [5.41, 5.74) is 3.19. The van der Waals surface area contributed by atoms with Gasteiger partial charge in [0.15, 0.2) is 0 Å². The molecule has 3 atom stereocenters. The molecule has 2 aromatic rings. The van der Waals surface area contributed by atoms with Gasteiger partial charge in [-0.15, -0.1) is 11.3 Å². The van der Waals surface area contributed by atoms with Crippen molar-refractivity contribution in [3.8, 4) is 10.6 Å². The molecule has 1 saturated heterocycles. The fraction of sp³-hybridized carbons (Fsp3) is 0.593. The second-order valence-electron chi connectivity index (χ2n) is 11.6. The SMILES string of the molecule is Cc1ncsc1-c1ccc(C(C)NC(=O)C2CCCN2C(=O)C(NC(=O)OC(C)(C)C)C(C)(C)C)cn1. The number of likely N-dealkylation sites (tertiary alicyclic amines) is 1. The van der Waals surface area contributed by atoms with Crippen molar-refractivity contribution in [2.45, 2.75) is 92.0 Å². The summed E-state index contributed by atoms with van der Waals surface area (Å²) in [4.78, 5) is 50.8. The topological polar surface area (TPSA) is 114 Å². The molecule has 2 N–H and O–H groups in total. The molecule has 0 aromatic carbocycles. The quantitative estimate of drug-likeness (QED) is 0.564. The summed E-state index contributed by atoms with van der Waals surface area (Å²) in [6, 6.07) is 2.16. The standard InChI is InChI=1S/C27H39N5O4S/c1-16(18-11-12-19(28-14-18)21-17(2)29-15-37-21)30-23(33)20-10-9-13-32(20)24(34)22(26(3,4)5)31-25(35)36-27(6,7)8/h11-12,14-16,20,22H,9-10,13H2,1-8H3,(H,30,33)(H,31,35). The van der Waals surface area contributed by atoms with Crippen LogP contribution in [0.4, 0.5) is 4.79 Å². The highest BCUT2D eigenvalue weighted by Gasteiger charge is 2.42. The van der Waals surface area contributed by atoms with E-state index in [1.165, 1.54) is 0 Å². The molecule has 0 bridgehead atoms. The van der Waals surface area contributed by atoms with Gasteiger partial charge in [0.05, 0.1) is 27.8 Å². The number of hydrogen-bond donors (Lipinski definition) is 2. The molecule has 9 nitrogen and oxygen atoms in total. The average Bonchev–Trinajstić information content (AvgIpc) is 3.44. The number of nitrogens with zero attached hydrogens (tertiary/aromatic N) is 3. The maximum absolute atomic E-state index is 13.6. The summed E-state index contributed by atoms with van der Waals surface area (Å²) in [5, 5.41) is 5.78. The van der Waals surface area contributed by atoms with Crippen molar-refractivity contribution in [1.82, 2.24) is 25.5 Å². The molecule has 0 saturated carbocycles. The fourth-order valence-corrected chi connectivity index (χ4v) is 5.06. The number of ether oxygens (including phenoxy) is 1. The zero-order chi connectivity index (χ0) is 27.5. The van der Waals surface area contributed by atoms with E-state index in [1.54, 1.807) is 48.7 Å². The van der Waals surface area contributed by atoms with E-state index in [4.69, 9.17) is 4.74 Å². The van der Waals surface area contributed by atoms with Gasteiger partial charge in [0.1, 0.15) is 17.7 Å². The number of carbonyl (C=O) groups excluding carboxylic acids is 3. The summed E-state index contributed by atoms with van der Waals surface area (Å²) in [6.45, 7) is 15.3. The Kier molecular flexibility index (Phi) is 8.62. The molecule has 1 aliphatic rings. The first-order chi connectivity index (χ1) is 17.2. The zero-order valence-corrected chi connectivity index (χ0v) is 23.9. The lowest BCUT2D eigenvalue weighted by atomic mass is 9.85. The Morgan fingerprint density at radius 2 is 1.81 bits per heavy atom. The van der Waals surface area contributed by atoms with Crippen LogP contribution >= 0.6 is 11.3 Å². The van der Waals surface area contributed by atoms with Crippen LogP contribution in [0.15, 0.2) is 23.8 Å². The van der Waals surface area contributed by atoms with Crippen LogP contribution in [0.1, 0.15) is 78.6 Å². The van der Waals surface area contributed by atoms with Crippen molar-refractivity contribution in [3.05, 3.63) is 35.1 Å². The smallest absolute Gasteiger partial charge is 0.408 e. The van der Waals surface area contributed by atoms with Gasteiger partial charge in [-0.3, -0.25) is 14.6 Å². The normalized spacial score (nSPS) is 17.7. The number of aromatic nitrogens is 2. The Bertz CT molecular complexity index is 1120. The molecule has 10 heteroatoms. The zero-order valence-electron chi connectivity index (χ0n) is 23.0. The van der Waals surface area contributed by atoms with Crippen molar-refractivity contribution in [2.24, 2.45) is 5.41 Å². The Labute approximate surface area is 223 Å². The van der Waals surface area contributed by atoms with Crippen LogP contribution in [-0.4, -0.2) is 57.0 Å². The first-order valence-electron chi connectivity index (χ1n) is 12.6. The average molecular weight is 530 g/mol. The molecular formula is C27H39N5O4S. The maximum atomic E-state index is 13.6. The number of thiazole rings is 1. The van der Waals surface area contributed by atoms with Crippen LogP contribution in [-0.2, 0) is 14.3 Å². The molecule has 2 aromatic heterocycles. The molecule has 0 aliphatic carbocycles. The van der Waals surface area contributed by atoms with Gasteiger partial charge in [0.2, 0.25) is 11.8 Å². The molecule has 37 heavy (non-hydrogen) atoms. The highest BCUT2D eigenvalue weighted by molar-refractivity contribution is 7.13. The van der Waals surface area contributed by atoms with Crippen LogP contribution in [0.3, 0.4) is 0 Å². The molecule has 3 heterocycles. The number of carbonyl (C=O) groups is 3. The number of alkyl carbamates (subject to hydrolysis) is 1. The molecule has 1 aliphatic heterocycles. The summed E-state index contributed by atoms with van der Waals surface area (Å²) in [7, 11) is 0. The second kappa shape index (κ2) is 11.2. The van der Waals surface area contributed by atoms with E-state index in [9.17, 15) is 14.4 Å². The van der Waals surface area contributed by atoms with Crippen molar-refractivity contribution in [1.29, 1.82) is 0 Å². The Balaban J connectivity index is 1.69. The Morgan fingerprint density at radius 1 is 1.11 bits per heavy atom. The molecule has 0 spiro atoms. The molecule has 3 rings (SSSR count). The Morgan fingerprint density at radius 3 is 2.35 bits per heavy atom. The number of aryl methyl sites for hydroxylation is 1. The maximum Gasteiger partial charge on any atom is 0.408 e. The largest absolute Gasteiger partial charge is 0.444 e. The van der Waals surface area contributed by atoms with Crippen LogP contribution in [0.25, 0.3) is 10.6 Å². The molecule has 3 amide bonds. The van der Waals surface area contributed by atoms with Gasteiger partial charge >= 0.3 is 6.09 Å². The van der Waals surface area contributed by atoms with Gasteiger partial charge < -0.3 is 20.3 Å². The monoisotopic (exact) mass is 529 g/mol. The first kappa shape index (κ1) is 28.6. The molecule has 1 fully saturated rings. The van der Waals surface area contributed by atoms with E-state index in [-0.39, 0.29) is 17.9 Å². The molecule has 0 radical (unpaired) electrons. The van der Waals surface area contributed by atoms with E-state index >= 15 is 0 Å². The first-order valence-corrected chi connectivity index (χ1v) is 13.5. The van der Waals surface area contributed by atoms with Crippen molar-refractivity contribution in [3.63, 3.8) is 0 Å². The van der Waals surface area contributed by atoms with E-state index < -0.39 is 29.2 Å². The van der Waals surface area contributed by atoms with Gasteiger partial charge in [-0.05, 0) is 64.5 Å². The number of nitrogens with one attached hydrogen (secondary N) is 2. The van der Waals surface area contributed by atoms with Crippen LogP contribution < -0.4 is 10.6 Å². The lowest BCUT2D eigenvalue weighted by Crippen LogP contribution is -2.58. The van der Waals surface area contributed by atoms with E-state index in [2.05, 4.69) is 20.6 Å².